The molecule has 4 N–H and O–H groups in total. The fourth-order valence-corrected chi connectivity index (χ4v) is 4.43. The summed E-state index contributed by atoms with van der Waals surface area (Å²) in [6, 6.07) is 11.3. The van der Waals surface area contributed by atoms with Crippen LogP contribution in [0.1, 0.15) is 12.0 Å². The lowest BCUT2D eigenvalue weighted by Gasteiger charge is -2.19. The third-order valence-electron chi connectivity index (χ3n) is 3.93. The minimum absolute atomic E-state index is 0.134. The number of thioether (sulfide) groups is 1. The van der Waals surface area contributed by atoms with E-state index in [1.165, 1.54) is 23.9 Å². The van der Waals surface area contributed by atoms with Crippen molar-refractivity contribution in [2.24, 2.45) is 0 Å². The van der Waals surface area contributed by atoms with E-state index in [-0.39, 0.29) is 11.5 Å². The van der Waals surface area contributed by atoms with E-state index in [0.717, 1.165) is 23.4 Å². The van der Waals surface area contributed by atoms with E-state index >= 15 is 0 Å². The number of benzene rings is 2. The van der Waals surface area contributed by atoms with Gasteiger partial charge in [-0.1, -0.05) is 24.3 Å². The highest BCUT2D eigenvalue weighted by molar-refractivity contribution is 7.98. The summed E-state index contributed by atoms with van der Waals surface area (Å²) >= 11 is 6.60. The summed E-state index contributed by atoms with van der Waals surface area (Å²) in [6.45, 7) is 1.93. The van der Waals surface area contributed by atoms with E-state index in [4.69, 9.17) is 12.2 Å². The highest BCUT2D eigenvalue weighted by Crippen LogP contribution is 2.15. The fourth-order valence-electron chi connectivity index (χ4n) is 2.48. The van der Waals surface area contributed by atoms with Gasteiger partial charge in [0.2, 0.25) is 10.0 Å². The van der Waals surface area contributed by atoms with Crippen LogP contribution in [0.15, 0.2) is 53.4 Å². The molecule has 1 atom stereocenters. The van der Waals surface area contributed by atoms with Gasteiger partial charge in [-0.2, -0.15) is 16.5 Å². The van der Waals surface area contributed by atoms with Gasteiger partial charge in [0, 0.05) is 5.69 Å². The van der Waals surface area contributed by atoms with Crippen LogP contribution in [-0.2, 0) is 14.8 Å². The SMILES string of the molecule is CSCC[C@H](NS(=O)(=O)c1ccccc1F)C(=O)NNC(=S)Nc1cccc(C)c1. The number of hydrazine groups is 1. The first-order valence-corrected chi connectivity index (χ1v) is 12.2. The number of thiocarbonyl (C=S) groups is 1. The Kier molecular flexibility index (Phi) is 9.03. The van der Waals surface area contributed by atoms with Gasteiger partial charge in [0.15, 0.2) is 5.11 Å². The number of carbonyl (C=O) groups excluding carboxylic acids is 1. The molecule has 0 saturated carbocycles. The predicted octanol–water partition coefficient (Wildman–Crippen LogP) is 2.55. The quantitative estimate of drug-likeness (QED) is 0.348. The van der Waals surface area contributed by atoms with Gasteiger partial charge in [0.05, 0.1) is 0 Å². The predicted molar refractivity (Wildman–Crippen MR) is 122 cm³/mol. The first-order chi connectivity index (χ1) is 14.2. The van der Waals surface area contributed by atoms with Crippen molar-refractivity contribution in [2.75, 3.05) is 17.3 Å². The van der Waals surface area contributed by atoms with Crippen molar-refractivity contribution < 1.29 is 17.6 Å². The van der Waals surface area contributed by atoms with Crippen molar-refractivity contribution in [1.82, 2.24) is 15.6 Å². The molecule has 0 aliphatic carbocycles. The number of hydrogen-bond donors (Lipinski definition) is 4. The average Bonchev–Trinajstić information content (AvgIpc) is 2.69. The number of sulfonamides is 1. The fraction of sp³-hybridized carbons (Fsp3) is 0.263. The molecule has 0 aliphatic rings. The number of halogens is 1. The molecule has 0 aliphatic heterocycles. The monoisotopic (exact) mass is 470 g/mol. The molecular weight excluding hydrogens is 447 g/mol. The summed E-state index contributed by atoms with van der Waals surface area (Å²) in [5, 5.41) is 3.05. The van der Waals surface area contributed by atoms with E-state index in [0.29, 0.717) is 5.75 Å². The third kappa shape index (κ3) is 7.24. The maximum atomic E-state index is 13.9. The molecule has 2 aromatic carbocycles. The van der Waals surface area contributed by atoms with E-state index < -0.39 is 32.7 Å². The number of aryl methyl sites for hydroxylation is 1. The van der Waals surface area contributed by atoms with Gasteiger partial charge >= 0.3 is 0 Å². The summed E-state index contributed by atoms with van der Waals surface area (Å²) in [5.74, 6) is -1.02. The van der Waals surface area contributed by atoms with Gasteiger partial charge in [-0.15, -0.1) is 0 Å². The van der Waals surface area contributed by atoms with Crippen LogP contribution in [0.2, 0.25) is 0 Å². The zero-order chi connectivity index (χ0) is 22.1. The standard InChI is InChI=1S/C19H23FN4O3S3/c1-13-6-5-7-14(12-13)21-19(28)23-22-18(25)16(10-11-29-2)24-30(26,27)17-9-4-3-8-15(17)20/h3-9,12,16,24H,10-11H2,1-2H3,(H,22,25)(H2,21,23,28)/t16-/m0/s1. The van der Waals surface area contributed by atoms with Crippen LogP contribution >= 0.6 is 24.0 Å². The lowest BCUT2D eigenvalue weighted by molar-refractivity contribution is -0.123. The Morgan fingerprint density at radius 1 is 1.17 bits per heavy atom. The molecule has 162 valence electrons. The van der Waals surface area contributed by atoms with Crippen LogP contribution < -0.4 is 20.9 Å². The maximum absolute atomic E-state index is 13.9. The maximum Gasteiger partial charge on any atom is 0.256 e. The first-order valence-electron chi connectivity index (χ1n) is 8.92. The molecule has 0 unspecified atom stereocenters. The largest absolute Gasteiger partial charge is 0.331 e. The van der Waals surface area contributed by atoms with Crippen LogP contribution in [-0.4, -0.2) is 37.5 Å². The topological polar surface area (TPSA) is 99.3 Å². The lowest BCUT2D eigenvalue weighted by atomic mass is 10.2. The Morgan fingerprint density at radius 3 is 2.57 bits per heavy atom. The van der Waals surface area contributed by atoms with E-state index in [9.17, 15) is 17.6 Å². The Balaban J connectivity index is 2.02. The molecule has 0 radical (unpaired) electrons. The molecule has 1 amide bonds. The first kappa shape index (κ1) is 24.1. The van der Waals surface area contributed by atoms with Crippen LogP contribution in [0, 0.1) is 12.7 Å². The highest BCUT2D eigenvalue weighted by atomic mass is 32.2. The highest BCUT2D eigenvalue weighted by Gasteiger charge is 2.27. The van der Waals surface area contributed by atoms with Crippen molar-refractivity contribution in [1.29, 1.82) is 0 Å². The van der Waals surface area contributed by atoms with Gasteiger partial charge in [-0.05, 0) is 67.4 Å². The van der Waals surface area contributed by atoms with Crippen molar-refractivity contribution in [2.45, 2.75) is 24.3 Å². The van der Waals surface area contributed by atoms with Crippen molar-refractivity contribution in [3.63, 3.8) is 0 Å². The molecular formula is C19H23FN4O3S3. The molecule has 0 aromatic heterocycles. The summed E-state index contributed by atoms with van der Waals surface area (Å²) in [5.41, 5.74) is 6.71. The Morgan fingerprint density at radius 2 is 1.90 bits per heavy atom. The molecule has 0 fully saturated rings. The van der Waals surface area contributed by atoms with Crippen LogP contribution in [0.3, 0.4) is 0 Å². The summed E-state index contributed by atoms with van der Waals surface area (Å²) in [4.78, 5) is 12.0. The number of nitrogens with one attached hydrogen (secondary N) is 4. The number of amides is 1. The third-order valence-corrected chi connectivity index (χ3v) is 6.28. The number of hydrogen-bond acceptors (Lipinski definition) is 5. The van der Waals surface area contributed by atoms with Crippen LogP contribution in [0.25, 0.3) is 0 Å². The summed E-state index contributed by atoms with van der Waals surface area (Å²) in [6.07, 6.45) is 2.04. The molecule has 0 bridgehead atoms. The second-order valence-electron chi connectivity index (χ2n) is 6.32. The van der Waals surface area contributed by atoms with E-state index in [2.05, 4.69) is 20.9 Å². The van der Waals surface area contributed by atoms with Crippen molar-refractivity contribution >= 4 is 50.7 Å². The second-order valence-corrected chi connectivity index (χ2v) is 9.40. The van der Waals surface area contributed by atoms with E-state index in [1.54, 1.807) is 0 Å². The number of anilines is 1. The zero-order valence-corrected chi connectivity index (χ0v) is 18.9. The second kappa shape index (κ2) is 11.3. The Labute approximate surface area is 185 Å². The lowest BCUT2D eigenvalue weighted by Crippen LogP contribution is -2.53. The normalized spacial score (nSPS) is 12.1. The van der Waals surface area contributed by atoms with Crippen LogP contribution in [0.4, 0.5) is 10.1 Å². The minimum Gasteiger partial charge on any atom is -0.331 e. The molecule has 0 heterocycles. The molecule has 0 saturated heterocycles. The molecule has 0 spiro atoms. The van der Waals surface area contributed by atoms with Gasteiger partial charge in [0.1, 0.15) is 16.8 Å². The molecule has 30 heavy (non-hydrogen) atoms. The number of carbonyl (C=O) groups is 1. The summed E-state index contributed by atoms with van der Waals surface area (Å²) < 4.78 is 41.3. The molecule has 2 rings (SSSR count). The smallest absolute Gasteiger partial charge is 0.256 e. The van der Waals surface area contributed by atoms with Gasteiger partial charge in [-0.25, -0.2) is 12.8 Å². The average molecular weight is 471 g/mol. The minimum atomic E-state index is -4.23. The van der Waals surface area contributed by atoms with Gasteiger partial charge < -0.3 is 5.32 Å². The molecule has 11 heteroatoms. The summed E-state index contributed by atoms with van der Waals surface area (Å²) in [7, 11) is -4.23. The van der Waals surface area contributed by atoms with Crippen molar-refractivity contribution in [3.8, 4) is 0 Å². The molecule has 2 aromatic rings. The van der Waals surface area contributed by atoms with Gasteiger partial charge in [0.25, 0.3) is 5.91 Å². The molecule has 7 nitrogen and oxygen atoms in total. The van der Waals surface area contributed by atoms with Crippen LogP contribution in [0.5, 0.6) is 0 Å². The number of rotatable bonds is 8. The van der Waals surface area contributed by atoms with Crippen molar-refractivity contribution in [3.05, 3.63) is 59.9 Å². The Hall–Kier alpha value is -2.21. The van der Waals surface area contributed by atoms with E-state index in [1.807, 2.05) is 37.4 Å². The zero-order valence-electron chi connectivity index (χ0n) is 16.4. The van der Waals surface area contributed by atoms with Gasteiger partial charge in [-0.3, -0.25) is 15.6 Å². The Bertz CT molecular complexity index is 1000.